The lowest BCUT2D eigenvalue weighted by Gasteiger charge is -1.95. The van der Waals surface area contributed by atoms with Gasteiger partial charge in [-0.15, -0.1) is 15.0 Å². The Morgan fingerprint density at radius 3 is 2.00 bits per heavy atom. The van der Waals surface area contributed by atoms with E-state index in [0.29, 0.717) is 5.82 Å². The Hall–Kier alpha value is -2.13. The number of para-hydroxylation sites is 1. The van der Waals surface area contributed by atoms with Gasteiger partial charge in [-0.2, -0.15) is 0 Å². The number of hydrogen-bond donors (Lipinski definition) is 1. The quantitative estimate of drug-likeness (QED) is 0.660. The van der Waals surface area contributed by atoms with E-state index in [9.17, 15) is 0 Å². The number of halogens is 1. The largest absolute Gasteiger partial charge is 0.433 e. The van der Waals surface area contributed by atoms with E-state index in [1.807, 2.05) is 60.7 Å². The molecule has 0 aliphatic rings. The van der Waals surface area contributed by atoms with Crippen molar-refractivity contribution in [3.05, 3.63) is 60.7 Å². The lowest BCUT2D eigenvalue weighted by molar-refractivity contribution is -1.63. The van der Waals surface area contributed by atoms with Crippen LogP contribution in [0.3, 0.4) is 0 Å². The fourth-order valence-electron chi connectivity index (χ4n) is 1.59. The minimum atomic E-state index is -3.40. The summed E-state index contributed by atoms with van der Waals surface area (Å²) >= 11 is -3.40. The Morgan fingerprint density at radius 2 is 1.43 bits per heavy atom. The summed E-state index contributed by atoms with van der Waals surface area (Å²) in [5.74, 6) is 0.634. The molecule has 1 aromatic heterocycles. The van der Waals surface area contributed by atoms with E-state index in [0.717, 1.165) is 11.3 Å². The molecule has 0 aliphatic carbocycles. The second kappa shape index (κ2) is 7.60. The average Bonchev–Trinajstić information content (AvgIpc) is 2.98. The molecule has 0 spiro atoms. The smallest absolute Gasteiger partial charge is 0.372 e. The van der Waals surface area contributed by atoms with Crippen LogP contribution in [0.2, 0.25) is 0 Å². The molecule has 0 amide bonds. The van der Waals surface area contributed by atoms with Crippen LogP contribution in [-0.4, -0.2) is 24.4 Å². The Kier molecular flexibility index (Phi) is 5.52. The van der Waals surface area contributed by atoms with Gasteiger partial charge in [-0.25, -0.2) is 0 Å². The highest BCUT2D eigenvalue weighted by molar-refractivity contribution is 5.53. The lowest BCUT2D eigenvalue weighted by atomic mass is 10.2. The summed E-state index contributed by atoms with van der Waals surface area (Å²) in [7, 11) is 0. The molecule has 0 saturated carbocycles. The van der Waals surface area contributed by atoms with Crippen molar-refractivity contribution < 1.29 is 27.4 Å². The van der Waals surface area contributed by atoms with Gasteiger partial charge >= 0.3 is 14.8 Å². The molecular formula is C13H11BrN4O3. The maximum Gasteiger partial charge on any atom is 0.433 e. The molecule has 0 fully saturated rings. The number of aromatic nitrogens is 4. The third-order valence-electron chi connectivity index (χ3n) is 2.43. The first-order valence-corrected chi connectivity index (χ1v) is 7.82. The summed E-state index contributed by atoms with van der Waals surface area (Å²) in [6.45, 7) is 0. The third-order valence-corrected chi connectivity index (χ3v) is 2.43. The first kappa shape index (κ1) is 15.3. The zero-order valence-corrected chi connectivity index (χ0v) is 12.3. The molecule has 3 rings (SSSR count). The molecule has 0 atom stereocenters. The van der Waals surface area contributed by atoms with E-state index >= 15 is 0 Å². The van der Waals surface area contributed by atoms with Crippen molar-refractivity contribution in [1.29, 1.82) is 0 Å². The molecule has 0 aliphatic heterocycles. The highest BCUT2D eigenvalue weighted by Gasteiger charge is 2.05. The monoisotopic (exact) mass is 350 g/mol. The molecule has 0 unspecified atom stereocenters. The first-order valence-electron chi connectivity index (χ1n) is 5.82. The topological polar surface area (TPSA) is 110 Å². The van der Waals surface area contributed by atoms with Crippen molar-refractivity contribution in [2.75, 3.05) is 0 Å². The molecule has 0 saturated heterocycles. The molecule has 1 heterocycles. The van der Waals surface area contributed by atoms with Crippen molar-refractivity contribution >= 4 is 0 Å². The van der Waals surface area contributed by atoms with E-state index in [-0.39, 0.29) is 0 Å². The summed E-state index contributed by atoms with van der Waals surface area (Å²) in [4.78, 5) is 1.53. The van der Waals surface area contributed by atoms with Crippen LogP contribution in [0.5, 0.6) is 0 Å². The summed E-state index contributed by atoms with van der Waals surface area (Å²) in [5.41, 5.74) is 1.87. The van der Waals surface area contributed by atoms with E-state index in [4.69, 9.17) is 12.6 Å². The second-order valence-corrected chi connectivity index (χ2v) is 4.65. The fourth-order valence-corrected chi connectivity index (χ4v) is 1.59. The summed E-state index contributed by atoms with van der Waals surface area (Å²) in [6.07, 6.45) is 0. The van der Waals surface area contributed by atoms with E-state index in [1.54, 1.807) is 0 Å². The predicted octanol–water partition coefficient (Wildman–Crippen LogP) is -0.606. The van der Waals surface area contributed by atoms with Crippen LogP contribution in [-0.2, 0) is 0 Å². The van der Waals surface area contributed by atoms with Gasteiger partial charge in [0.25, 0.3) is 0 Å². The summed E-state index contributed by atoms with van der Waals surface area (Å²) < 4.78 is 24.3. The standard InChI is InChI=1S/C13H10N4.BrHO3/c1-3-7-11(8-4-1)13-14-16-17(15-13)12-9-5-2-6-10-12;2-1(3)4/h1-10H;2H. The summed E-state index contributed by atoms with van der Waals surface area (Å²) in [6, 6.07) is 19.5. The van der Waals surface area contributed by atoms with Gasteiger partial charge < -0.3 is 8.40 Å². The van der Waals surface area contributed by atoms with Gasteiger partial charge in [0.1, 0.15) is 0 Å². The van der Waals surface area contributed by atoms with Crippen molar-refractivity contribution in [3.63, 3.8) is 0 Å². The molecule has 0 bridgehead atoms. The summed E-state index contributed by atoms with van der Waals surface area (Å²) in [5, 5.41) is 12.4. The highest BCUT2D eigenvalue weighted by Crippen LogP contribution is 2.13. The number of tetrazole rings is 1. The minimum Gasteiger partial charge on any atom is -0.372 e. The molecule has 108 valence electrons. The van der Waals surface area contributed by atoms with Crippen molar-refractivity contribution in [1.82, 2.24) is 20.2 Å². The normalized spacial score (nSPS) is 10.1. The van der Waals surface area contributed by atoms with Crippen LogP contribution in [0.1, 0.15) is 0 Å². The van der Waals surface area contributed by atoms with Crippen LogP contribution in [0.4, 0.5) is 0 Å². The number of benzene rings is 2. The highest BCUT2D eigenvalue weighted by atomic mass is 80.0. The minimum absolute atomic E-state index is 0.634. The van der Waals surface area contributed by atoms with E-state index in [2.05, 4.69) is 15.4 Å². The van der Waals surface area contributed by atoms with Gasteiger partial charge in [-0.3, -0.25) is 0 Å². The van der Waals surface area contributed by atoms with E-state index in [1.165, 1.54) is 4.80 Å². The van der Waals surface area contributed by atoms with Gasteiger partial charge in [-0.05, 0) is 21.5 Å². The maximum absolute atomic E-state index is 8.63. The molecule has 7 nitrogen and oxygen atoms in total. The predicted molar refractivity (Wildman–Crippen MR) is 66.8 cm³/mol. The Morgan fingerprint density at radius 1 is 0.905 bits per heavy atom. The Bertz CT molecular complexity index is 605. The molecule has 8 heteroatoms. The van der Waals surface area contributed by atoms with Gasteiger partial charge in [-0.1, -0.05) is 48.5 Å². The first-order chi connectivity index (χ1) is 10.2. The maximum atomic E-state index is 8.63. The number of nitrogens with zero attached hydrogens (tertiary/aromatic N) is 4. The van der Waals surface area contributed by atoms with Crippen LogP contribution < -0.4 is 8.40 Å². The Labute approximate surface area is 125 Å². The fraction of sp³-hybridized carbons (Fsp3) is 0. The third kappa shape index (κ3) is 4.72. The second-order valence-electron chi connectivity index (χ2n) is 3.81. The van der Waals surface area contributed by atoms with Crippen molar-refractivity contribution in [3.8, 4) is 17.1 Å². The van der Waals surface area contributed by atoms with Gasteiger partial charge in [0.05, 0.1) is 5.69 Å². The van der Waals surface area contributed by atoms with Gasteiger partial charge in [0, 0.05) is 5.56 Å². The molecule has 1 N–H and O–H groups in total. The van der Waals surface area contributed by atoms with Gasteiger partial charge in [0.2, 0.25) is 5.82 Å². The van der Waals surface area contributed by atoms with Crippen molar-refractivity contribution in [2.45, 2.75) is 0 Å². The van der Waals surface area contributed by atoms with Gasteiger partial charge in [0.15, 0.2) is 0 Å². The Balaban J connectivity index is 0.000000361. The van der Waals surface area contributed by atoms with Crippen LogP contribution >= 0.6 is 0 Å². The van der Waals surface area contributed by atoms with Crippen molar-refractivity contribution in [2.24, 2.45) is 0 Å². The molecule has 2 aromatic carbocycles. The molecule has 0 radical (unpaired) electrons. The number of hydrogen-bond acceptors (Lipinski definition) is 6. The molecule has 3 aromatic rings. The van der Waals surface area contributed by atoms with Crippen LogP contribution in [0.25, 0.3) is 17.1 Å². The van der Waals surface area contributed by atoms with Crippen LogP contribution in [0, 0.1) is 14.8 Å². The lowest BCUT2D eigenvalue weighted by Crippen LogP contribution is -2.30. The zero-order valence-electron chi connectivity index (χ0n) is 10.7. The average molecular weight is 351 g/mol. The number of rotatable bonds is 2. The SMILES string of the molecule is [O-][Br+2]([O-])O.c1ccc(-c2nnn(-c3ccccc3)n2)cc1. The molecular weight excluding hydrogens is 340 g/mol. The van der Waals surface area contributed by atoms with Crippen LogP contribution in [0.15, 0.2) is 60.7 Å². The molecule has 21 heavy (non-hydrogen) atoms. The zero-order chi connectivity index (χ0) is 15.1. The van der Waals surface area contributed by atoms with E-state index < -0.39 is 14.8 Å².